The number of hydrogen-bond donors (Lipinski definition) is 0. The molecule has 0 fully saturated rings. The molecular formula is C51H32N4O. The van der Waals surface area contributed by atoms with Crippen LogP contribution in [0.4, 0.5) is 0 Å². The minimum Gasteiger partial charge on any atom is -0.456 e. The molecule has 11 aromatic rings. The van der Waals surface area contributed by atoms with Crippen molar-refractivity contribution in [3.63, 3.8) is 0 Å². The van der Waals surface area contributed by atoms with Crippen molar-refractivity contribution in [2.24, 2.45) is 0 Å². The van der Waals surface area contributed by atoms with Crippen LogP contribution >= 0.6 is 0 Å². The SMILES string of the molecule is c1ccc(-c2ccc(-c3nc(-c4ccccc4)nc(-c4cc5c(cc4-c4ccccc4)c4ccccc4n5-c4ccc5c(c4)oc4ccccc45)n3)cc2)cc1. The van der Waals surface area contributed by atoms with Crippen molar-refractivity contribution in [3.05, 3.63) is 194 Å². The molecule has 0 aliphatic rings. The predicted molar refractivity (Wildman–Crippen MR) is 229 cm³/mol. The number of para-hydroxylation sites is 2. The summed E-state index contributed by atoms with van der Waals surface area (Å²) >= 11 is 0. The topological polar surface area (TPSA) is 56.7 Å². The number of aromatic nitrogens is 4. The highest BCUT2D eigenvalue weighted by molar-refractivity contribution is 6.13. The first-order valence-corrected chi connectivity index (χ1v) is 18.8. The van der Waals surface area contributed by atoms with Gasteiger partial charge < -0.3 is 8.98 Å². The monoisotopic (exact) mass is 716 g/mol. The van der Waals surface area contributed by atoms with Crippen LogP contribution in [0.2, 0.25) is 0 Å². The average Bonchev–Trinajstić information content (AvgIpc) is 3.81. The van der Waals surface area contributed by atoms with Gasteiger partial charge in [-0.2, -0.15) is 0 Å². The molecule has 5 nitrogen and oxygen atoms in total. The Balaban J connectivity index is 1.17. The quantitative estimate of drug-likeness (QED) is 0.172. The Morgan fingerprint density at radius 2 is 0.857 bits per heavy atom. The number of benzene rings is 8. The van der Waals surface area contributed by atoms with Crippen LogP contribution in [0.3, 0.4) is 0 Å². The lowest BCUT2D eigenvalue weighted by Crippen LogP contribution is -2.02. The van der Waals surface area contributed by atoms with Crippen molar-refractivity contribution < 1.29 is 4.42 Å². The van der Waals surface area contributed by atoms with Gasteiger partial charge in [-0.25, -0.2) is 15.0 Å². The van der Waals surface area contributed by atoms with Crippen LogP contribution < -0.4 is 0 Å². The summed E-state index contributed by atoms with van der Waals surface area (Å²) in [5, 5.41) is 4.51. The molecule has 0 aliphatic carbocycles. The van der Waals surface area contributed by atoms with Gasteiger partial charge in [0.05, 0.1) is 11.0 Å². The first-order chi connectivity index (χ1) is 27.7. The number of rotatable bonds is 6. The highest BCUT2D eigenvalue weighted by atomic mass is 16.3. The largest absolute Gasteiger partial charge is 0.456 e. The van der Waals surface area contributed by atoms with Gasteiger partial charge in [-0.05, 0) is 58.7 Å². The molecule has 0 radical (unpaired) electrons. The van der Waals surface area contributed by atoms with E-state index in [9.17, 15) is 0 Å². The van der Waals surface area contributed by atoms with E-state index < -0.39 is 0 Å². The number of fused-ring (bicyclic) bond motifs is 6. The Morgan fingerprint density at radius 1 is 0.321 bits per heavy atom. The summed E-state index contributed by atoms with van der Waals surface area (Å²) in [6, 6.07) is 67.4. The van der Waals surface area contributed by atoms with Crippen molar-refractivity contribution in [2.75, 3.05) is 0 Å². The van der Waals surface area contributed by atoms with Crippen LogP contribution in [-0.2, 0) is 0 Å². The number of furan rings is 1. The summed E-state index contributed by atoms with van der Waals surface area (Å²) in [6.07, 6.45) is 0. The lowest BCUT2D eigenvalue weighted by molar-refractivity contribution is 0.668. The summed E-state index contributed by atoms with van der Waals surface area (Å²) in [5.74, 6) is 1.84. The van der Waals surface area contributed by atoms with Gasteiger partial charge in [0.1, 0.15) is 11.2 Å². The van der Waals surface area contributed by atoms with Crippen molar-refractivity contribution in [1.82, 2.24) is 19.5 Å². The Hall–Kier alpha value is -7.63. The summed E-state index contributed by atoms with van der Waals surface area (Å²) in [4.78, 5) is 15.6. The van der Waals surface area contributed by atoms with E-state index in [1.807, 2.05) is 36.4 Å². The van der Waals surface area contributed by atoms with Crippen LogP contribution in [-0.4, -0.2) is 19.5 Å². The maximum atomic E-state index is 6.39. The minimum atomic E-state index is 0.603. The second-order valence-corrected chi connectivity index (χ2v) is 14.0. The van der Waals surface area contributed by atoms with Gasteiger partial charge in [0.2, 0.25) is 0 Å². The predicted octanol–water partition coefficient (Wildman–Crippen LogP) is 13.2. The molecule has 0 unspecified atom stereocenters. The standard InChI is InChI=1S/C51H32N4O/c1-4-14-33(15-5-1)34-24-26-37(27-25-34)50-52-49(36-18-8-3-9-19-36)53-51(54-50)44-32-46-43(31-42(44)35-16-6-2-7-17-35)39-20-10-12-22-45(39)55(46)38-28-29-41-40-21-11-13-23-47(40)56-48(41)30-38/h1-32H. The van der Waals surface area contributed by atoms with Crippen LogP contribution in [0.25, 0.3) is 106 Å². The molecule has 56 heavy (non-hydrogen) atoms. The highest BCUT2D eigenvalue weighted by Gasteiger charge is 2.21. The van der Waals surface area contributed by atoms with Crippen molar-refractivity contribution in [3.8, 4) is 62.1 Å². The van der Waals surface area contributed by atoms with Gasteiger partial charge in [0.15, 0.2) is 17.5 Å². The first kappa shape index (κ1) is 31.9. The van der Waals surface area contributed by atoms with Crippen molar-refractivity contribution in [1.29, 1.82) is 0 Å². The second kappa shape index (κ2) is 13.0. The van der Waals surface area contributed by atoms with Crippen molar-refractivity contribution >= 4 is 43.7 Å². The lowest BCUT2D eigenvalue weighted by Gasteiger charge is -2.14. The normalized spacial score (nSPS) is 11.6. The smallest absolute Gasteiger partial charge is 0.164 e. The van der Waals surface area contributed by atoms with E-state index in [2.05, 4.69) is 162 Å². The van der Waals surface area contributed by atoms with Gasteiger partial charge in [0.25, 0.3) is 0 Å². The van der Waals surface area contributed by atoms with E-state index in [0.29, 0.717) is 17.5 Å². The Kier molecular flexibility index (Phi) is 7.42. The maximum absolute atomic E-state index is 6.39. The molecule has 3 aromatic heterocycles. The molecule has 8 aromatic carbocycles. The lowest BCUT2D eigenvalue weighted by atomic mass is 9.96. The molecule has 3 heterocycles. The van der Waals surface area contributed by atoms with Gasteiger partial charge >= 0.3 is 0 Å². The fourth-order valence-electron chi connectivity index (χ4n) is 7.97. The minimum absolute atomic E-state index is 0.603. The molecule has 0 saturated heterocycles. The summed E-state index contributed by atoms with van der Waals surface area (Å²) < 4.78 is 8.72. The van der Waals surface area contributed by atoms with E-state index in [1.165, 1.54) is 0 Å². The Morgan fingerprint density at radius 3 is 1.59 bits per heavy atom. The van der Waals surface area contributed by atoms with Gasteiger partial charge in [-0.1, -0.05) is 152 Å². The average molecular weight is 717 g/mol. The van der Waals surface area contributed by atoms with Gasteiger partial charge in [-0.15, -0.1) is 0 Å². The molecule has 0 N–H and O–H groups in total. The van der Waals surface area contributed by atoms with Crippen molar-refractivity contribution in [2.45, 2.75) is 0 Å². The molecule has 0 aliphatic heterocycles. The number of nitrogens with zero attached hydrogens (tertiary/aromatic N) is 4. The maximum Gasteiger partial charge on any atom is 0.164 e. The Bertz CT molecular complexity index is 3220. The van der Waals surface area contributed by atoms with Gasteiger partial charge in [0, 0.05) is 50.0 Å². The number of hydrogen-bond acceptors (Lipinski definition) is 4. The highest BCUT2D eigenvalue weighted by Crippen LogP contribution is 2.41. The summed E-state index contributed by atoms with van der Waals surface area (Å²) in [7, 11) is 0. The molecule has 0 bridgehead atoms. The zero-order valence-corrected chi connectivity index (χ0v) is 30.2. The zero-order chi connectivity index (χ0) is 37.0. The zero-order valence-electron chi connectivity index (χ0n) is 30.2. The van der Waals surface area contributed by atoms with E-state index in [4.69, 9.17) is 19.4 Å². The molecule has 0 saturated carbocycles. The van der Waals surface area contributed by atoms with Crippen LogP contribution in [0.5, 0.6) is 0 Å². The van der Waals surface area contributed by atoms with Crippen LogP contribution in [0.1, 0.15) is 0 Å². The Labute approximate surface area is 322 Å². The molecule has 5 heteroatoms. The molecule has 0 atom stereocenters. The second-order valence-electron chi connectivity index (χ2n) is 14.0. The van der Waals surface area contributed by atoms with E-state index >= 15 is 0 Å². The van der Waals surface area contributed by atoms with E-state index in [0.717, 1.165) is 88.4 Å². The van der Waals surface area contributed by atoms with Gasteiger partial charge in [-0.3, -0.25) is 0 Å². The van der Waals surface area contributed by atoms with Crippen LogP contribution in [0, 0.1) is 0 Å². The molecule has 0 spiro atoms. The first-order valence-electron chi connectivity index (χ1n) is 18.8. The van der Waals surface area contributed by atoms with E-state index in [-0.39, 0.29) is 0 Å². The van der Waals surface area contributed by atoms with E-state index in [1.54, 1.807) is 0 Å². The summed E-state index contributed by atoms with van der Waals surface area (Å²) in [5.41, 5.74) is 12.1. The summed E-state index contributed by atoms with van der Waals surface area (Å²) in [6.45, 7) is 0. The molecule has 262 valence electrons. The van der Waals surface area contributed by atoms with Crippen LogP contribution in [0.15, 0.2) is 199 Å². The molecule has 11 rings (SSSR count). The fraction of sp³-hybridized carbons (Fsp3) is 0. The third-order valence-electron chi connectivity index (χ3n) is 10.7. The molecular weight excluding hydrogens is 685 g/mol. The molecule has 0 amide bonds. The fourth-order valence-corrected chi connectivity index (χ4v) is 7.97. The third kappa shape index (κ3) is 5.37. The third-order valence-corrected chi connectivity index (χ3v) is 10.7.